The first-order valence-electron chi connectivity index (χ1n) is 17.0. The molecule has 12 nitrogen and oxygen atoms in total. The smallest absolute Gasteiger partial charge is 0.248 e. The number of halogens is 2. The summed E-state index contributed by atoms with van der Waals surface area (Å²) in [7, 11) is 0. The van der Waals surface area contributed by atoms with Gasteiger partial charge in [-0.25, -0.2) is 15.0 Å². The number of ketones is 1. The van der Waals surface area contributed by atoms with Crippen LogP contribution in [0.3, 0.4) is 0 Å². The molecule has 7 rings (SSSR count). The van der Waals surface area contributed by atoms with Crippen LogP contribution in [0, 0.1) is 18.3 Å². The number of carbonyl (C=O) groups is 4. The molecule has 3 aliphatic rings. The number of pyridine rings is 1. The predicted molar refractivity (Wildman–Crippen MR) is 192 cm³/mol. The van der Waals surface area contributed by atoms with Crippen molar-refractivity contribution < 1.29 is 19.2 Å². The zero-order chi connectivity index (χ0) is 35.3. The van der Waals surface area contributed by atoms with E-state index in [1.165, 1.54) is 6.92 Å². The van der Waals surface area contributed by atoms with Gasteiger partial charge in [0.15, 0.2) is 11.6 Å². The largest absolute Gasteiger partial charge is 0.355 e. The number of benzene rings is 1. The third-order valence-corrected chi connectivity index (χ3v) is 11.3. The van der Waals surface area contributed by atoms with E-state index in [-0.39, 0.29) is 52.6 Å². The second-order valence-corrected chi connectivity index (χ2v) is 15.0. The number of carbonyl (C=O) groups excluding carboxylic acids is 4. The lowest BCUT2D eigenvalue weighted by Gasteiger charge is -2.28. The summed E-state index contributed by atoms with van der Waals surface area (Å²) in [4.78, 5) is 69.2. The van der Waals surface area contributed by atoms with Crippen LogP contribution in [0.1, 0.15) is 74.2 Å². The first-order chi connectivity index (χ1) is 24.0. The van der Waals surface area contributed by atoms with Gasteiger partial charge in [0.05, 0.1) is 10.5 Å². The summed E-state index contributed by atoms with van der Waals surface area (Å²) in [6.45, 7) is 5.56. The van der Waals surface area contributed by atoms with Gasteiger partial charge in [0, 0.05) is 54.7 Å². The van der Waals surface area contributed by atoms with Gasteiger partial charge >= 0.3 is 0 Å². The minimum absolute atomic E-state index is 0.0240. The van der Waals surface area contributed by atoms with E-state index >= 15 is 0 Å². The molecule has 2 fully saturated rings. The van der Waals surface area contributed by atoms with Crippen molar-refractivity contribution in [2.45, 2.75) is 84.3 Å². The zero-order valence-corrected chi connectivity index (χ0v) is 30.5. The molecule has 5 heterocycles. The lowest BCUT2D eigenvalue weighted by molar-refractivity contribution is -0.139. The topological polar surface area (TPSA) is 152 Å². The maximum Gasteiger partial charge on any atom is 0.248 e. The quantitative estimate of drug-likeness (QED) is 0.199. The molecule has 260 valence electrons. The summed E-state index contributed by atoms with van der Waals surface area (Å²) < 4.78 is 2.13. The summed E-state index contributed by atoms with van der Waals surface area (Å²) in [6.07, 6.45) is 8.41. The third-order valence-electron chi connectivity index (χ3n) is 10.6. The highest BCUT2D eigenvalue weighted by molar-refractivity contribution is 9.10. The molecule has 50 heavy (non-hydrogen) atoms. The maximum atomic E-state index is 14.5. The Hall–Kier alpha value is -4.23. The molecule has 1 aromatic carbocycles. The van der Waals surface area contributed by atoms with Crippen LogP contribution < -0.4 is 10.6 Å². The predicted octanol–water partition coefficient (Wildman–Crippen LogP) is 5.68. The van der Waals surface area contributed by atoms with Crippen LogP contribution in [0.4, 0.5) is 5.82 Å². The second kappa shape index (κ2) is 13.5. The minimum atomic E-state index is -0.835. The number of piperidine rings is 1. The van der Waals surface area contributed by atoms with Crippen molar-refractivity contribution in [2.24, 2.45) is 11.3 Å². The number of aromatic nitrogens is 5. The number of anilines is 1. The van der Waals surface area contributed by atoms with Gasteiger partial charge in [-0.05, 0) is 89.8 Å². The standard InChI is InChI=1S/C36H38BrClN8O4/c1-19-33-36(19)14-27(35(50)43-34-26(38)10-11-28(37)42-34)46(33)30(49)17-45-32-22(8-6-4-5-7-9-29(48)41-18-36)12-23(24-15-39-21(3)40-16-24)13-25(32)31(44-45)20(2)47/h10-13,15-16,19,27,33H,4-9,14,17-18H2,1-3H3,(H,41,48)(H,42,43,50)/t19?,27-,33?,36+/m0/s1. The molecular weight excluding hydrogens is 724 g/mol. The van der Waals surface area contributed by atoms with Crippen molar-refractivity contribution in [1.82, 2.24) is 34.9 Å². The highest BCUT2D eigenvalue weighted by Gasteiger charge is 2.72. The number of amides is 3. The molecule has 0 spiro atoms. The average Bonchev–Trinajstić information content (AvgIpc) is 3.35. The molecule has 1 saturated heterocycles. The highest BCUT2D eigenvalue weighted by atomic mass is 79.9. The molecule has 4 atom stereocenters. The molecule has 1 saturated carbocycles. The van der Waals surface area contributed by atoms with E-state index in [2.05, 4.69) is 54.5 Å². The van der Waals surface area contributed by atoms with E-state index in [1.807, 2.05) is 13.0 Å². The van der Waals surface area contributed by atoms with Crippen LogP contribution in [-0.4, -0.2) is 71.8 Å². The number of hydrogen-bond donors (Lipinski definition) is 2. The van der Waals surface area contributed by atoms with Gasteiger partial charge in [-0.15, -0.1) is 0 Å². The SMILES string of the molecule is CC(=O)c1nn2c3c(cc(-c4cnc(C)nc4)cc13)CCCCCCC(=O)NC[C@@]13C[C@@H](C(=O)Nc4nc(Br)ccc4Cl)N(C(=O)C2)C1C3C. The lowest BCUT2D eigenvalue weighted by Crippen LogP contribution is -2.47. The third kappa shape index (κ3) is 6.30. The van der Waals surface area contributed by atoms with Gasteiger partial charge in [0.1, 0.15) is 28.7 Å². The second-order valence-electron chi connectivity index (χ2n) is 13.7. The van der Waals surface area contributed by atoms with E-state index in [0.29, 0.717) is 41.6 Å². The number of nitrogens with zero attached hydrogens (tertiary/aromatic N) is 6. The summed E-state index contributed by atoms with van der Waals surface area (Å²) in [6, 6.07) is 6.19. The van der Waals surface area contributed by atoms with Crippen LogP contribution in [0.5, 0.6) is 0 Å². The summed E-state index contributed by atoms with van der Waals surface area (Å²) in [5, 5.41) is 11.6. The van der Waals surface area contributed by atoms with Crippen LogP contribution in [0.25, 0.3) is 22.0 Å². The Morgan fingerprint density at radius 3 is 2.54 bits per heavy atom. The average molecular weight is 762 g/mol. The molecule has 14 heteroatoms. The molecule has 0 radical (unpaired) electrons. The lowest BCUT2D eigenvalue weighted by atomic mass is 9.95. The van der Waals surface area contributed by atoms with Crippen molar-refractivity contribution in [1.29, 1.82) is 0 Å². The Balaban J connectivity index is 1.30. The molecule has 2 aliphatic heterocycles. The Morgan fingerprint density at radius 2 is 1.80 bits per heavy atom. The van der Waals surface area contributed by atoms with E-state index in [1.54, 1.807) is 34.1 Å². The van der Waals surface area contributed by atoms with Crippen molar-refractivity contribution in [2.75, 3.05) is 11.9 Å². The Morgan fingerprint density at radius 1 is 1.06 bits per heavy atom. The number of hydrogen-bond acceptors (Lipinski definition) is 8. The molecule has 2 bridgehead atoms. The first kappa shape index (κ1) is 34.2. The van der Waals surface area contributed by atoms with E-state index in [9.17, 15) is 19.2 Å². The monoisotopic (exact) mass is 760 g/mol. The summed E-state index contributed by atoms with van der Waals surface area (Å²) in [5.41, 5.74) is 3.17. The number of aryl methyl sites for hydroxylation is 2. The molecule has 2 unspecified atom stereocenters. The Kier molecular flexibility index (Phi) is 9.23. The molecule has 3 amide bonds. The fourth-order valence-electron chi connectivity index (χ4n) is 7.93. The summed E-state index contributed by atoms with van der Waals surface area (Å²) >= 11 is 9.70. The number of nitrogens with one attached hydrogen (secondary N) is 2. The molecule has 3 aromatic heterocycles. The van der Waals surface area contributed by atoms with Gasteiger partial charge in [-0.3, -0.25) is 23.9 Å². The molecule has 2 N–H and O–H groups in total. The minimum Gasteiger partial charge on any atom is -0.355 e. The van der Waals surface area contributed by atoms with Crippen LogP contribution in [0.15, 0.2) is 41.3 Å². The maximum absolute atomic E-state index is 14.5. The van der Waals surface area contributed by atoms with Crippen LogP contribution in [-0.2, 0) is 27.3 Å². The zero-order valence-electron chi connectivity index (χ0n) is 28.1. The van der Waals surface area contributed by atoms with E-state index in [0.717, 1.165) is 47.9 Å². The first-order valence-corrected chi connectivity index (χ1v) is 18.2. The van der Waals surface area contributed by atoms with Crippen molar-refractivity contribution in [3.05, 3.63) is 63.4 Å². The summed E-state index contributed by atoms with van der Waals surface area (Å²) in [5.74, 6) is -0.0512. The molecule has 4 aromatic rings. The van der Waals surface area contributed by atoms with Crippen molar-refractivity contribution in [3.8, 4) is 11.1 Å². The molecule has 1 aliphatic carbocycles. The van der Waals surface area contributed by atoms with E-state index in [4.69, 9.17) is 16.7 Å². The fourth-order valence-corrected chi connectivity index (χ4v) is 8.40. The van der Waals surface area contributed by atoms with Gasteiger partial charge in [-0.2, -0.15) is 5.10 Å². The van der Waals surface area contributed by atoms with Gasteiger partial charge in [-0.1, -0.05) is 31.4 Å². The van der Waals surface area contributed by atoms with Gasteiger partial charge < -0.3 is 15.5 Å². The Labute approximate surface area is 302 Å². The van der Waals surface area contributed by atoms with Crippen LogP contribution >= 0.6 is 27.5 Å². The Bertz CT molecular complexity index is 2030. The molecular formula is C36H38BrClN8O4. The van der Waals surface area contributed by atoms with Crippen LogP contribution in [0.2, 0.25) is 5.02 Å². The van der Waals surface area contributed by atoms with Gasteiger partial charge in [0.2, 0.25) is 17.7 Å². The highest BCUT2D eigenvalue weighted by Crippen LogP contribution is 2.64. The number of Topliss-reactive ketones (excluding diaryl/α,β-unsaturated/α-hetero) is 1. The normalized spacial score (nSPS) is 24.0. The van der Waals surface area contributed by atoms with E-state index < -0.39 is 17.4 Å². The van der Waals surface area contributed by atoms with Crippen molar-refractivity contribution >= 4 is 67.8 Å². The fraction of sp³-hybridized carbons (Fsp3) is 0.444. The van der Waals surface area contributed by atoms with Crippen molar-refractivity contribution in [3.63, 3.8) is 0 Å². The number of rotatable bonds is 4. The van der Waals surface area contributed by atoms with Gasteiger partial charge in [0.25, 0.3) is 0 Å².